The smallest absolute Gasteiger partial charge is 0.0561 e. The number of hydrogen-bond donors (Lipinski definition) is 9. The molecule has 0 atom stereocenters. The average Bonchev–Trinajstić information content (AvgIpc) is 2.78. The SMILES string of the molecule is CC(C)(C)Nc1ccc(CN[C@]23CNCCNC[C@](N)(CNCCNC2)CNCCNC3)cc1. The van der Waals surface area contributed by atoms with E-state index < -0.39 is 0 Å². The van der Waals surface area contributed by atoms with Gasteiger partial charge in [0.15, 0.2) is 0 Å². The molecule has 194 valence electrons. The third-order valence-electron chi connectivity index (χ3n) is 6.40. The van der Waals surface area contributed by atoms with Gasteiger partial charge in [0.05, 0.1) is 11.1 Å². The van der Waals surface area contributed by atoms with Crippen LogP contribution in [0.25, 0.3) is 0 Å². The van der Waals surface area contributed by atoms with Crippen molar-refractivity contribution in [2.45, 2.75) is 43.9 Å². The van der Waals surface area contributed by atoms with E-state index in [0.29, 0.717) is 0 Å². The molecule has 9 nitrogen and oxygen atoms in total. The van der Waals surface area contributed by atoms with Gasteiger partial charge in [-0.05, 0) is 38.5 Å². The molecule has 0 saturated carbocycles. The Bertz CT molecular complexity index is 658. The summed E-state index contributed by atoms with van der Waals surface area (Å²) in [6, 6.07) is 8.79. The van der Waals surface area contributed by atoms with Crippen LogP contribution in [0.2, 0.25) is 0 Å². The Labute approximate surface area is 206 Å². The first kappa shape index (κ1) is 27.3. The summed E-state index contributed by atoms with van der Waals surface area (Å²) < 4.78 is 0. The second-order valence-electron chi connectivity index (χ2n) is 11.1. The van der Waals surface area contributed by atoms with Crippen LogP contribution in [0.3, 0.4) is 0 Å². The third kappa shape index (κ3) is 9.75. The number of rotatable bonds is 4. The minimum atomic E-state index is -0.294. The van der Waals surface area contributed by atoms with Crippen LogP contribution in [-0.2, 0) is 6.54 Å². The average molecular weight is 476 g/mol. The summed E-state index contributed by atoms with van der Waals surface area (Å²) in [5, 5.41) is 29.2. The normalized spacial score (nSPS) is 28.7. The predicted molar refractivity (Wildman–Crippen MR) is 144 cm³/mol. The van der Waals surface area contributed by atoms with Gasteiger partial charge in [-0.2, -0.15) is 0 Å². The highest BCUT2D eigenvalue weighted by Crippen LogP contribution is 2.16. The van der Waals surface area contributed by atoms with Gasteiger partial charge in [0, 0.05) is 96.3 Å². The molecule has 3 saturated heterocycles. The number of nitrogens with one attached hydrogen (secondary N) is 8. The molecule has 0 amide bonds. The van der Waals surface area contributed by atoms with Crippen LogP contribution in [0, 0.1) is 0 Å². The van der Waals surface area contributed by atoms with Gasteiger partial charge in [0.25, 0.3) is 0 Å². The number of anilines is 1. The summed E-state index contributed by atoms with van der Waals surface area (Å²) in [6.45, 7) is 17.8. The molecule has 10 N–H and O–H groups in total. The Balaban J connectivity index is 1.67. The van der Waals surface area contributed by atoms with E-state index in [1.54, 1.807) is 0 Å². The molecule has 9 heteroatoms. The zero-order valence-electron chi connectivity index (χ0n) is 21.6. The van der Waals surface area contributed by atoms with Crippen LogP contribution < -0.4 is 48.3 Å². The van der Waals surface area contributed by atoms with Gasteiger partial charge in [-0.1, -0.05) is 12.1 Å². The molecule has 3 fully saturated rings. The van der Waals surface area contributed by atoms with Crippen molar-refractivity contribution in [2.24, 2.45) is 5.73 Å². The molecular weight excluding hydrogens is 426 g/mol. The van der Waals surface area contributed by atoms with Gasteiger partial charge in [0.2, 0.25) is 0 Å². The summed E-state index contributed by atoms with van der Waals surface area (Å²) in [7, 11) is 0. The lowest BCUT2D eigenvalue weighted by Gasteiger charge is -2.38. The van der Waals surface area contributed by atoms with Gasteiger partial charge >= 0.3 is 0 Å². The van der Waals surface area contributed by atoms with E-state index in [9.17, 15) is 0 Å². The van der Waals surface area contributed by atoms with Gasteiger partial charge in [-0.25, -0.2) is 0 Å². The standard InChI is InChI=1S/C25H49N9/c1-23(2,3)34-22-6-4-21(5-7-22)14-33-25-18-30-11-8-27-15-24(26,16-28-9-12-31-19-25)17-29-10-13-32-20-25/h4-7,27-34H,8-20,26H2,1-3H3/t24-,25+. The fraction of sp³-hybridized carbons (Fsp3) is 0.760. The molecule has 0 aromatic heterocycles. The number of benzene rings is 1. The van der Waals surface area contributed by atoms with Gasteiger partial charge in [-0.15, -0.1) is 0 Å². The van der Waals surface area contributed by atoms with E-state index in [2.05, 4.69) is 87.6 Å². The van der Waals surface area contributed by atoms with Crippen molar-refractivity contribution in [2.75, 3.05) is 83.9 Å². The van der Waals surface area contributed by atoms with Crippen LogP contribution >= 0.6 is 0 Å². The van der Waals surface area contributed by atoms with Crippen LogP contribution in [0.1, 0.15) is 26.3 Å². The molecule has 0 spiro atoms. The monoisotopic (exact) mass is 475 g/mol. The number of fused-ring (bicyclic) bond motifs is 15. The van der Waals surface area contributed by atoms with E-state index in [-0.39, 0.29) is 16.6 Å². The minimum absolute atomic E-state index is 0.0586. The van der Waals surface area contributed by atoms with Gasteiger partial charge in [-0.3, -0.25) is 0 Å². The maximum Gasteiger partial charge on any atom is 0.0561 e. The van der Waals surface area contributed by atoms with Crippen molar-refractivity contribution in [1.82, 2.24) is 37.2 Å². The summed E-state index contributed by atoms with van der Waals surface area (Å²) in [6.07, 6.45) is 0. The Kier molecular flexibility index (Phi) is 10.5. The zero-order valence-corrected chi connectivity index (χ0v) is 21.6. The van der Waals surface area contributed by atoms with Gasteiger partial charge < -0.3 is 48.3 Å². The fourth-order valence-electron chi connectivity index (χ4n) is 4.52. The van der Waals surface area contributed by atoms with E-state index in [4.69, 9.17) is 5.73 Å². The lowest BCUT2D eigenvalue weighted by atomic mass is 9.97. The molecule has 2 bridgehead atoms. The molecule has 34 heavy (non-hydrogen) atoms. The molecule has 0 radical (unpaired) electrons. The lowest BCUT2D eigenvalue weighted by molar-refractivity contribution is 0.269. The lowest BCUT2D eigenvalue weighted by Crippen LogP contribution is -2.66. The molecule has 0 aliphatic carbocycles. The van der Waals surface area contributed by atoms with E-state index in [1.807, 2.05) is 0 Å². The van der Waals surface area contributed by atoms with E-state index >= 15 is 0 Å². The zero-order chi connectivity index (χ0) is 24.3. The highest BCUT2D eigenvalue weighted by atomic mass is 15.1. The van der Waals surface area contributed by atoms with Crippen LogP contribution in [-0.4, -0.2) is 95.2 Å². The minimum Gasteiger partial charge on any atom is -0.380 e. The highest BCUT2D eigenvalue weighted by Gasteiger charge is 2.30. The molecule has 3 aliphatic heterocycles. The summed E-state index contributed by atoms with van der Waals surface area (Å²) >= 11 is 0. The Morgan fingerprint density at radius 1 is 0.706 bits per heavy atom. The summed E-state index contributed by atoms with van der Waals surface area (Å²) in [4.78, 5) is 0. The molecular formula is C25H49N9. The first-order valence-electron chi connectivity index (χ1n) is 12.9. The van der Waals surface area contributed by atoms with Crippen molar-refractivity contribution < 1.29 is 0 Å². The molecule has 1 aromatic carbocycles. The Morgan fingerprint density at radius 3 is 1.53 bits per heavy atom. The Morgan fingerprint density at radius 2 is 1.12 bits per heavy atom. The van der Waals surface area contributed by atoms with Crippen molar-refractivity contribution in [3.8, 4) is 0 Å². The van der Waals surface area contributed by atoms with Crippen molar-refractivity contribution in [1.29, 1.82) is 0 Å². The van der Waals surface area contributed by atoms with Gasteiger partial charge in [0.1, 0.15) is 0 Å². The number of hydrogen-bond acceptors (Lipinski definition) is 9. The summed E-state index contributed by atoms with van der Waals surface area (Å²) in [5.74, 6) is 0. The second kappa shape index (κ2) is 13.1. The molecule has 4 rings (SSSR count). The first-order valence-corrected chi connectivity index (χ1v) is 12.9. The van der Waals surface area contributed by atoms with Crippen molar-refractivity contribution in [3.63, 3.8) is 0 Å². The molecule has 3 heterocycles. The number of nitrogens with two attached hydrogens (primary N) is 1. The van der Waals surface area contributed by atoms with Crippen LogP contribution in [0.4, 0.5) is 5.69 Å². The first-order chi connectivity index (χ1) is 16.3. The molecule has 3 aliphatic rings. The quantitative estimate of drug-likeness (QED) is 0.270. The van der Waals surface area contributed by atoms with Crippen LogP contribution in [0.5, 0.6) is 0 Å². The van der Waals surface area contributed by atoms with E-state index in [1.165, 1.54) is 5.56 Å². The maximum absolute atomic E-state index is 6.69. The molecule has 1 aromatic rings. The van der Waals surface area contributed by atoms with Crippen LogP contribution in [0.15, 0.2) is 24.3 Å². The largest absolute Gasteiger partial charge is 0.380 e. The summed E-state index contributed by atoms with van der Waals surface area (Å²) in [5.41, 5.74) is 8.80. The van der Waals surface area contributed by atoms with Crippen molar-refractivity contribution in [3.05, 3.63) is 29.8 Å². The van der Waals surface area contributed by atoms with E-state index in [0.717, 1.165) is 90.8 Å². The topological polar surface area (TPSA) is 122 Å². The highest BCUT2D eigenvalue weighted by molar-refractivity contribution is 5.46. The molecule has 0 unspecified atom stereocenters. The Hall–Kier alpha value is -1.30. The third-order valence-corrected chi connectivity index (χ3v) is 6.40. The predicted octanol–water partition coefficient (Wildman–Crippen LogP) is -1.01. The second-order valence-corrected chi connectivity index (χ2v) is 11.1. The maximum atomic E-state index is 6.69. The fourth-order valence-corrected chi connectivity index (χ4v) is 4.52. The van der Waals surface area contributed by atoms with Crippen molar-refractivity contribution >= 4 is 5.69 Å².